The molecular weight excluding hydrogens is 316 g/mol. The Bertz CT molecular complexity index is 679. The maximum Gasteiger partial charge on any atom is 0.274 e. The van der Waals surface area contributed by atoms with E-state index < -0.39 is 0 Å². The van der Waals surface area contributed by atoms with Crippen molar-refractivity contribution in [3.63, 3.8) is 0 Å². The summed E-state index contributed by atoms with van der Waals surface area (Å²) in [5.41, 5.74) is 0.755. The molecule has 7 heteroatoms. The minimum Gasteiger partial charge on any atom is -0.495 e. The van der Waals surface area contributed by atoms with E-state index >= 15 is 0 Å². The second-order valence-corrected chi connectivity index (χ2v) is 5.30. The lowest BCUT2D eigenvalue weighted by Crippen LogP contribution is -2.15. The Labute approximate surface area is 140 Å². The molecule has 0 aliphatic carbocycles. The minimum absolute atomic E-state index is 0.265. The second kappa shape index (κ2) is 8.33. The third kappa shape index (κ3) is 4.82. The van der Waals surface area contributed by atoms with Gasteiger partial charge in [0, 0.05) is 17.6 Å². The predicted octanol–water partition coefficient (Wildman–Crippen LogP) is 3.60. The zero-order valence-electron chi connectivity index (χ0n) is 13.1. The number of anilines is 2. The molecule has 0 unspecified atom stereocenters. The molecule has 0 bridgehead atoms. The Morgan fingerprint density at radius 3 is 2.87 bits per heavy atom. The van der Waals surface area contributed by atoms with Crippen molar-refractivity contribution in [2.24, 2.45) is 0 Å². The summed E-state index contributed by atoms with van der Waals surface area (Å²) in [7, 11) is 1.53. The maximum absolute atomic E-state index is 12.3. The quantitative estimate of drug-likeness (QED) is 0.756. The monoisotopic (exact) mass is 334 g/mol. The van der Waals surface area contributed by atoms with Crippen molar-refractivity contribution in [1.29, 1.82) is 0 Å². The first-order valence-corrected chi connectivity index (χ1v) is 7.72. The van der Waals surface area contributed by atoms with Crippen LogP contribution in [0.25, 0.3) is 0 Å². The molecule has 0 aliphatic rings. The van der Waals surface area contributed by atoms with E-state index in [1.807, 2.05) is 0 Å². The van der Waals surface area contributed by atoms with Crippen LogP contribution in [0.2, 0.25) is 5.02 Å². The molecule has 2 N–H and O–H groups in total. The van der Waals surface area contributed by atoms with Gasteiger partial charge >= 0.3 is 0 Å². The first-order valence-electron chi connectivity index (χ1n) is 7.35. The van der Waals surface area contributed by atoms with Crippen molar-refractivity contribution >= 4 is 29.0 Å². The van der Waals surface area contributed by atoms with Crippen LogP contribution in [0.4, 0.5) is 11.5 Å². The molecule has 0 aliphatic heterocycles. The lowest BCUT2D eigenvalue weighted by molar-refractivity contribution is 0.102. The Balaban J connectivity index is 2.11. The van der Waals surface area contributed by atoms with Crippen LogP contribution in [0.3, 0.4) is 0 Å². The SMILES string of the molecule is CCCCNc1cc(C(=O)Nc2cc(Cl)ccc2OC)ncn1. The summed E-state index contributed by atoms with van der Waals surface area (Å²) in [5.74, 6) is 0.793. The molecule has 0 saturated carbocycles. The fourth-order valence-electron chi connectivity index (χ4n) is 1.94. The molecule has 122 valence electrons. The van der Waals surface area contributed by atoms with Crippen molar-refractivity contribution in [3.8, 4) is 5.75 Å². The highest BCUT2D eigenvalue weighted by Crippen LogP contribution is 2.28. The molecule has 0 spiro atoms. The molecule has 2 aromatic rings. The average molecular weight is 335 g/mol. The first-order chi connectivity index (χ1) is 11.1. The van der Waals surface area contributed by atoms with Crippen molar-refractivity contribution in [1.82, 2.24) is 9.97 Å². The summed E-state index contributed by atoms with van der Waals surface area (Å²) >= 11 is 5.96. The number of ether oxygens (including phenoxy) is 1. The van der Waals surface area contributed by atoms with Gasteiger partial charge in [-0.05, 0) is 24.6 Å². The number of rotatable bonds is 7. The fourth-order valence-corrected chi connectivity index (χ4v) is 2.11. The summed E-state index contributed by atoms with van der Waals surface area (Å²) in [6.45, 7) is 2.91. The van der Waals surface area contributed by atoms with Crippen LogP contribution < -0.4 is 15.4 Å². The van der Waals surface area contributed by atoms with E-state index in [1.54, 1.807) is 24.3 Å². The smallest absolute Gasteiger partial charge is 0.274 e. The molecule has 23 heavy (non-hydrogen) atoms. The van der Waals surface area contributed by atoms with Gasteiger partial charge in [0.2, 0.25) is 0 Å². The fraction of sp³-hybridized carbons (Fsp3) is 0.312. The van der Waals surface area contributed by atoms with Crippen LogP contribution in [0.1, 0.15) is 30.3 Å². The zero-order chi connectivity index (χ0) is 16.7. The third-order valence-corrected chi connectivity index (χ3v) is 3.38. The molecule has 1 aromatic carbocycles. The van der Waals surface area contributed by atoms with Crippen molar-refractivity contribution in [3.05, 3.63) is 41.3 Å². The van der Waals surface area contributed by atoms with Gasteiger partial charge in [-0.1, -0.05) is 24.9 Å². The van der Waals surface area contributed by atoms with Crippen molar-refractivity contribution in [2.75, 3.05) is 24.3 Å². The van der Waals surface area contributed by atoms with Crippen LogP contribution >= 0.6 is 11.6 Å². The molecule has 2 rings (SSSR count). The Morgan fingerprint density at radius 2 is 2.13 bits per heavy atom. The number of carbonyl (C=O) groups is 1. The number of hydrogen-bond acceptors (Lipinski definition) is 5. The summed E-state index contributed by atoms with van der Waals surface area (Å²) < 4.78 is 5.21. The van der Waals surface area contributed by atoms with E-state index in [0.717, 1.165) is 19.4 Å². The summed E-state index contributed by atoms with van der Waals surface area (Å²) in [4.78, 5) is 20.5. The van der Waals surface area contributed by atoms with Crippen LogP contribution in [0.15, 0.2) is 30.6 Å². The number of nitrogens with one attached hydrogen (secondary N) is 2. The van der Waals surface area contributed by atoms with Crippen molar-refractivity contribution in [2.45, 2.75) is 19.8 Å². The predicted molar refractivity (Wildman–Crippen MR) is 91.4 cm³/mol. The van der Waals surface area contributed by atoms with Gasteiger partial charge in [0.15, 0.2) is 0 Å². The minimum atomic E-state index is -0.355. The molecule has 0 saturated heterocycles. The van der Waals surface area contributed by atoms with Gasteiger partial charge in [-0.25, -0.2) is 9.97 Å². The van der Waals surface area contributed by atoms with Crippen LogP contribution in [0, 0.1) is 0 Å². The second-order valence-electron chi connectivity index (χ2n) is 4.87. The zero-order valence-corrected chi connectivity index (χ0v) is 13.9. The van der Waals surface area contributed by atoms with Gasteiger partial charge in [-0.15, -0.1) is 0 Å². The number of carbonyl (C=O) groups excluding carboxylic acids is 1. The van der Waals surface area contributed by atoms with Crippen LogP contribution in [-0.2, 0) is 0 Å². The molecule has 1 amide bonds. The number of aromatic nitrogens is 2. The normalized spacial score (nSPS) is 10.2. The van der Waals surface area contributed by atoms with E-state index in [1.165, 1.54) is 13.4 Å². The number of unbranched alkanes of at least 4 members (excludes halogenated alkanes) is 1. The van der Waals surface area contributed by atoms with E-state index in [9.17, 15) is 4.79 Å². The number of nitrogens with zero attached hydrogens (tertiary/aromatic N) is 2. The average Bonchev–Trinajstić information content (AvgIpc) is 2.55. The van der Waals surface area contributed by atoms with Gasteiger partial charge < -0.3 is 15.4 Å². The number of amides is 1. The van der Waals surface area contributed by atoms with Crippen molar-refractivity contribution < 1.29 is 9.53 Å². The third-order valence-electron chi connectivity index (χ3n) is 3.15. The highest BCUT2D eigenvalue weighted by Gasteiger charge is 2.12. The summed E-state index contributed by atoms with van der Waals surface area (Å²) in [5, 5.41) is 6.41. The Hall–Kier alpha value is -2.34. The molecule has 1 aromatic heterocycles. The Kier molecular flexibility index (Phi) is 6.17. The number of benzene rings is 1. The number of methoxy groups -OCH3 is 1. The van der Waals surface area contributed by atoms with E-state index in [2.05, 4.69) is 27.5 Å². The molecular formula is C16H19ClN4O2. The highest BCUT2D eigenvalue weighted by molar-refractivity contribution is 6.31. The first kappa shape index (κ1) is 17.0. The highest BCUT2D eigenvalue weighted by atomic mass is 35.5. The number of hydrogen-bond donors (Lipinski definition) is 2. The number of halogens is 1. The lowest BCUT2D eigenvalue weighted by Gasteiger charge is -2.11. The van der Waals surface area contributed by atoms with E-state index in [0.29, 0.717) is 22.3 Å². The lowest BCUT2D eigenvalue weighted by atomic mass is 10.2. The summed E-state index contributed by atoms with van der Waals surface area (Å²) in [6.07, 6.45) is 3.48. The van der Waals surface area contributed by atoms with E-state index in [-0.39, 0.29) is 11.6 Å². The molecule has 6 nitrogen and oxygen atoms in total. The molecule has 0 atom stereocenters. The maximum atomic E-state index is 12.3. The van der Waals surface area contributed by atoms with Gasteiger partial charge in [-0.2, -0.15) is 0 Å². The van der Waals surface area contributed by atoms with Gasteiger partial charge in [0.25, 0.3) is 5.91 Å². The van der Waals surface area contributed by atoms with Gasteiger partial charge in [-0.3, -0.25) is 4.79 Å². The largest absolute Gasteiger partial charge is 0.495 e. The van der Waals surface area contributed by atoms with Gasteiger partial charge in [0.05, 0.1) is 12.8 Å². The van der Waals surface area contributed by atoms with Crippen LogP contribution in [0.5, 0.6) is 5.75 Å². The topological polar surface area (TPSA) is 76.1 Å². The Morgan fingerprint density at radius 1 is 1.30 bits per heavy atom. The molecule has 0 fully saturated rings. The van der Waals surface area contributed by atoms with E-state index in [4.69, 9.17) is 16.3 Å². The molecule has 1 heterocycles. The van der Waals surface area contributed by atoms with Crippen LogP contribution in [-0.4, -0.2) is 29.5 Å². The molecule has 0 radical (unpaired) electrons. The standard InChI is InChI=1S/C16H19ClN4O2/c1-3-4-7-18-15-9-13(19-10-20-15)16(22)21-12-8-11(17)5-6-14(12)23-2/h5-6,8-10H,3-4,7H2,1-2H3,(H,21,22)(H,18,19,20). The summed E-state index contributed by atoms with van der Waals surface area (Å²) in [6, 6.07) is 6.62. The van der Waals surface area contributed by atoms with Gasteiger partial charge in [0.1, 0.15) is 23.6 Å².